The number of halogens is 1. The Morgan fingerprint density at radius 2 is 2.31 bits per heavy atom. The molecule has 2 aromatic rings. The number of ketones is 1. The van der Waals surface area contributed by atoms with Crippen molar-refractivity contribution in [3.63, 3.8) is 0 Å². The molecule has 1 heterocycles. The van der Waals surface area contributed by atoms with Gasteiger partial charge >= 0.3 is 0 Å². The van der Waals surface area contributed by atoms with Crippen molar-refractivity contribution >= 4 is 21.7 Å². The lowest BCUT2D eigenvalue weighted by molar-refractivity contribution is 0.0980. The van der Waals surface area contributed by atoms with E-state index >= 15 is 0 Å². The lowest BCUT2D eigenvalue weighted by Crippen LogP contribution is -2.10. The first kappa shape index (κ1) is 11.1. The number of carbonyl (C=O) groups excluding carboxylic acids is 1. The van der Waals surface area contributed by atoms with Crippen LogP contribution in [-0.2, 0) is 13.5 Å². The number of hydrogen-bond acceptors (Lipinski definition) is 2. The van der Waals surface area contributed by atoms with E-state index in [4.69, 9.17) is 0 Å². The molecule has 1 aromatic heterocycles. The Hall–Kier alpha value is -1.42. The van der Waals surface area contributed by atoms with E-state index in [1.54, 1.807) is 17.0 Å². The number of imidazole rings is 1. The van der Waals surface area contributed by atoms with Gasteiger partial charge in [-0.1, -0.05) is 28.1 Å². The highest BCUT2D eigenvalue weighted by atomic mass is 79.9. The molecule has 0 fully saturated rings. The molecule has 0 saturated carbocycles. The average Bonchev–Trinajstić information content (AvgIpc) is 2.64. The third kappa shape index (κ3) is 2.39. The summed E-state index contributed by atoms with van der Waals surface area (Å²) in [5.74, 6) is 0.533. The molecule has 2 rings (SSSR count). The molecule has 82 valence electrons. The molecule has 0 N–H and O–H groups in total. The lowest BCUT2D eigenvalue weighted by Gasteiger charge is -2.02. The van der Waals surface area contributed by atoms with Crippen LogP contribution in [-0.4, -0.2) is 15.3 Å². The zero-order chi connectivity index (χ0) is 11.5. The van der Waals surface area contributed by atoms with Gasteiger partial charge < -0.3 is 4.57 Å². The molecule has 0 atom stereocenters. The minimum absolute atomic E-state index is 0.0330. The standard InChI is InChI=1S/C12H11BrN2O/c1-15-6-5-14-12(15)11(16)8-9-3-2-4-10(13)7-9/h2-7H,8H2,1H3. The molecule has 0 aliphatic heterocycles. The summed E-state index contributed by atoms with van der Waals surface area (Å²) in [7, 11) is 1.82. The summed E-state index contributed by atoms with van der Waals surface area (Å²) in [4.78, 5) is 15.9. The maximum absolute atomic E-state index is 11.9. The van der Waals surface area contributed by atoms with Gasteiger partial charge in [0.15, 0.2) is 5.82 Å². The van der Waals surface area contributed by atoms with E-state index in [1.165, 1.54) is 0 Å². The number of nitrogens with zero attached hydrogens (tertiary/aromatic N) is 2. The van der Waals surface area contributed by atoms with Gasteiger partial charge in [0.05, 0.1) is 0 Å². The second-order valence-corrected chi connectivity index (χ2v) is 4.51. The monoisotopic (exact) mass is 278 g/mol. The molecule has 0 unspecified atom stereocenters. The Bertz CT molecular complexity index is 519. The molecule has 1 aromatic carbocycles. The number of aryl methyl sites for hydroxylation is 1. The molecule has 4 heteroatoms. The Morgan fingerprint density at radius 3 is 2.94 bits per heavy atom. The van der Waals surface area contributed by atoms with Gasteiger partial charge in [-0.15, -0.1) is 0 Å². The van der Waals surface area contributed by atoms with Crippen LogP contribution in [0, 0.1) is 0 Å². The Kier molecular flexibility index (Phi) is 3.19. The van der Waals surface area contributed by atoms with Crippen LogP contribution in [0.4, 0.5) is 0 Å². The number of carbonyl (C=O) groups is 1. The molecule has 3 nitrogen and oxygen atoms in total. The molecular weight excluding hydrogens is 268 g/mol. The first-order chi connectivity index (χ1) is 7.66. The largest absolute Gasteiger partial charge is 0.332 e. The number of aromatic nitrogens is 2. The third-order valence-electron chi connectivity index (χ3n) is 2.32. The summed E-state index contributed by atoms with van der Waals surface area (Å²) in [5.41, 5.74) is 0.988. The van der Waals surface area contributed by atoms with Crippen molar-refractivity contribution < 1.29 is 4.79 Å². The van der Waals surface area contributed by atoms with Crippen molar-refractivity contribution in [2.24, 2.45) is 7.05 Å². The van der Waals surface area contributed by atoms with Gasteiger partial charge in [0.1, 0.15) is 0 Å². The maximum atomic E-state index is 11.9. The van der Waals surface area contributed by atoms with Crippen LogP contribution in [0.25, 0.3) is 0 Å². The minimum atomic E-state index is 0.0330. The molecule has 16 heavy (non-hydrogen) atoms. The van der Waals surface area contributed by atoms with E-state index in [1.807, 2.05) is 31.3 Å². The lowest BCUT2D eigenvalue weighted by atomic mass is 10.1. The van der Waals surface area contributed by atoms with Gasteiger partial charge in [-0.05, 0) is 17.7 Å². The van der Waals surface area contributed by atoms with Gasteiger partial charge in [-0.3, -0.25) is 4.79 Å². The van der Waals surface area contributed by atoms with Crippen molar-refractivity contribution in [3.05, 3.63) is 52.5 Å². The normalized spacial score (nSPS) is 10.4. The van der Waals surface area contributed by atoms with Crippen molar-refractivity contribution in [3.8, 4) is 0 Å². The number of benzene rings is 1. The highest BCUT2D eigenvalue weighted by Gasteiger charge is 2.11. The van der Waals surface area contributed by atoms with E-state index in [-0.39, 0.29) is 5.78 Å². The Balaban J connectivity index is 2.17. The van der Waals surface area contributed by atoms with Gasteiger partial charge in [0.2, 0.25) is 5.78 Å². The van der Waals surface area contributed by atoms with Crippen molar-refractivity contribution in [1.29, 1.82) is 0 Å². The summed E-state index contributed by atoms with van der Waals surface area (Å²) in [6.45, 7) is 0. The fraction of sp³-hybridized carbons (Fsp3) is 0.167. The highest BCUT2D eigenvalue weighted by Crippen LogP contribution is 2.13. The molecule has 0 bridgehead atoms. The first-order valence-corrected chi connectivity index (χ1v) is 5.71. The topological polar surface area (TPSA) is 34.9 Å². The molecule has 0 aliphatic carbocycles. The Labute approximate surface area is 102 Å². The van der Waals surface area contributed by atoms with Crippen LogP contribution in [0.1, 0.15) is 16.2 Å². The van der Waals surface area contributed by atoms with Crippen molar-refractivity contribution in [2.75, 3.05) is 0 Å². The molecule has 0 radical (unpaired) electrons. The second kappa shape index (κ2) is 4.61. The zero-order valence-corrected chi connectivity index (χ0v) is 10.4. The predicted octanol–water partition coefficient (Wildman–Crippen LogP) is 2.61. The number of Topliss-reactive ketones (excluding diaryl/α,β-unsaturated/α-hetero) is 1. The summed E-state index contributed by atoms with van der Waals surface area (Å²) in [6.07, 6.45) is 3.78. The van der Waals surface area contributed by atoms with Crippen LogP contribution in [0.3, 0.4) is 0 Å². The Morgan fingerprint density at radius 1 is 1.50 bits per heavy atom. The van der Waals surface area contributed by atoms with Crippen molar-refractivity contribution in [1.82, 2.24) is 9.55 Å². The van der Waals surface area contributed by atoms with Crippen LogP contribution in [0.2, 0.25) is 0 Å². The molecule has 0 aliphatic rings. The van der Waals surface area contributed by atoms with Gasteiger partial charge in [0, 0.05) is 30.3 Å². The van der Waals surface area contributed by atoms with E-state index in [0.717, 1.165) is 10.0 Å². The van der Waals surface area contributed by atoms with Crippen LogP contribution in [0.15, 0.2) is 41.1 Å². The quantitative estimate of drug-likeness (QED) is 0.809. The number of rotatable bonds is 3. The SMILES string of the molecule is Cn1ccnc1C(=O)Cc1cccc(Br)c1. The maximum Gasteiger partial charge on any atom is 0.202 e. The van der Waals surface area contributed by atoms with Crippen LogP contribution < -0.4 is 0 Å². The summed E-state index contributed by atoms with van der Waals surface area (Å²) < 4.78 is 2.72. The second-order valence-electron chi connectivity index (χ2n) is 3.59. The van der Waals surface area contributed by atoms with Gasteiger partial charge in [-0.2, -0.15) is 0 Å². The molecular formula is C12H11BrN2O. The van der Waals surface area contributed by atoms with Crippen LogP contribution >= 0.6 is 15.9 Å². The fourth-order valence-corrected chi connectivity index (χ4v) is 1.99. The molecule has 0 saturated heterocycles. The predicted molar refractivity (Wildman–Crippen MR) is 65.4 cm³/mol. The zero-order valence-electron chi connectivity index (χ0n) is 8.85. The smallest absolute Gasteiger partial charge is 0.202 e. The van der Waals surface area contributed by atoms with Crippen molar-refractivity contribution in [2.45, 2.75) is 6.42 Å². The third-order valence-corrected chi connectivity index (χ3v) is 2.82. The first-order valence-electron chi connectivity index (χ1n) is 4.92. The van der Waals surface area contributed by atoms with Gasteiger partial charge in [-0.25, -0.2) is 4.98 Å². The average molecular weight is 279 g/mol. The summed E-state index contributed by atoms with van der Waals surface area (Å²) >= 11 is 3.38. The van der Waals surface area contributed by atoms with Gasteiger partial charge in [0.25, 0.3) is 0 Å². The summed E-state index contributed by atoms with van der Waals surface area (Å²) in [6, 6.07) is 7.74. The fourth-order valence-electron chi connectivity index (χ4n) is 1.55. The van der Waals surface area contributed by atoms with E-state index in [0.29, 0.717) is 12.2 Å². The molecule has 0 spiro atoms. The van der Waals surface area contributed by atoms with E-state index < -0.39 is 0 Å². The van der Waals surface area contributed by atoms with Crippen LogP contribution in [0.5, 0.6) is 0 Å². The van der Waals surface area contributed by atoms with E-state index in [9.17, 15) is 4.79 Å². The molecule has 0 amide bonds. The van der Waals surface area contributed by atoms with E-state index in [2.05, 4.69) is 20.9 Å². The highest BCUT2D eigenvalue weighted by molar-refractivity contribution is 9.10. The summed E-state index contributed by atoms with van der Waals surface area (Å²) in [5, 5.41) is 0. The number of hydrogen-bond donors (Lipinski definition) is 0. The minimum Gasteiger partial charge on any atom is -0.332 e.